The molecule has 122 valence electrons. The Hall–Kier alpha value is -2.04. The average Bonchev–Trinajstić information content (AvgIpc) is 2.55. The fourth-order valence-electron chi connectivity index (χ4n) is 2.22. The van der Waals surface area contributed by atoms with Gasteiger partial charge in [-0.25, -0.2) is 0 Å². The van der Waals surface area contributed by atoms with Crippen LogP contribution in [0.25, 0.3) is 0 Å². The van der Waals surface area contributed by atoms with E-state index in [1.165, 1.54) is 0 Å². The number of carbonyl (C=O) groups excluding carboxylic acids is 1. The molecule has 0 saturated heterocycles. The first-order valence-electron chi connectivity index (χ1n) is 7.49. The average molecular weight is 333 g/mol. The maximum Gasteiger partial charge on any atom is 0.225 e. The lowest BCUT2D eigenvalue weighted by molar-refractivity contribution is -0.116. The van der Waals surface area contributed by atoms with Gasteiger partial charge in [-0.3, -0.25) is 4.79 Å². The minimum absolute atomic E-state index is 0.0390. The van der Waals surface area contributed by atoms with Crippen LogP contribution in [0.5, 0.6) is 5.75 Å². The van der Waals surface area contributed by atoms with E-state index in [1.807, 2.05) is 37.3 Å². The van der Waals surface area contributed by atoms with E-state index in [-0.39, 0.29) is 5.91 Å². The van der Waals surface area contributed by atoms with Crippen molar-refractivity contribution in [3.63, 3.8) is 0 Å². The number of nitrogens with one attached hydrogen (secondary N) is 2. The van der Waals surface area contributed by atoms with Crippen molar-refractivity contribution in [1.29, 1.82) is 0 Å². The second kappa shape index (κ2) is 8.56. The third kappa shape index (κ3) is 5.27. The van der Waals surface area contributed by atoms with E-state index in [9.17, 15) is 4.79 Å². The van der Waals surface area contributed by atoms with E-state index in [4.69, 9.17) is 16.3 Å². The molecular weight excluding hydrogens is 312 g/mol. The predicted molar refractivity (Wildman–Crippen MR) is 94.1 cm³/mol. The summed E-state index contributed by atoms with van der Waals surface area (Å²) >= 11 is 5.95. The number of hydrogen-bond donors (Lipinski definition) is 2. The van der Waals surface area contributed by atoms with E-state index in [0.717, 1.165) is 22.6 Å². The van der Waals surface area contributed by atoms with Crippen LogP contribution in [-0.2, 0) is 11.3 Å². The van der Waals surface area contributed by atoms with Gasteiger partial charge in [-0.05, 0) is 30.7 Å². The number of carbonyl (C=O) groups is 1. The first-order valence-corrected chi connectivity index (χ1v) is 7.86. The van der Waals surface area contributed by atoms with Gasteiger partial charge in [0.05, 0.1) is 7.11 Å². The van der Waals surface area contributed by atoms with Crippen molar-refractivity contribution in [3.05, 3.63) is 58.6 Å². The monoisotopic (exact) mass is 332 g/mol. The topological polar surface area (TPSA) is 50.4 Å². The largest absolute Gasteiger partial charge is 0.496 e. The molecule has 0 bridgehead atoms. The number of aryl methyl sites for hydroxylation is 1. The second-order valence-electron chi connectivity index (χ2n) is 5.25. The molecule has 2 N–H and O–H groups in total. The molecule has 2 aromatic carbocycles. The number of para-hydroxylation sites is 1. The fourth-order valence-corrected chi connectivity index (χ4v) is 2.39. The Bertz CT molecular complexity index is 674. The molecule has 0 unspecified atom stereocenters. The molecule has 0 aliphatic heterocycles. The second-order valence-corrected chi connectivity index (χ2v) is 5.68. The molecule has 0 radical (unpaired) electrons. The molecule has 0 saturated carbocycles. The van der Waals surface area contributed by atoms with Crippen LogP contribution in [0.2, 0.25) is 5.02 Å². The maximum absolute atomic E-state index is 12.0. The third-order valence-electron chi connectivity index (χ3n) is 3.51. The molecular formula is C18H21ClN2O2. The van der Waals surface area contributed by atoms with Gasteiger partial charge in [-0.15, -0.1) is 0 Å². The Balaban J connectivity index is 1.78. The molecule has 4 nitrogen and oxygen atoms in total. The van der Waals surface area contributed by atoms with Gasteiger partial charge in [0.2, 0.25) is 5.91 Å². The number of ether oxygens (including phenoxy) is 1. The minimum Gasteiger partial charge on any atom is -0.496 e. The summed E-state index contributed by atoms with van der Waals surface area (Å²) in [5.74, 6) is 0.807. The number of benzene rings is 2. The Morgan fingerprint density at radius 3 is 2.78 bits per heavy atom. The SMILES string of the molecule is COc1ccccc1CNCCC(=O)Nc1cc(Cl)ccc1C. The first kappa shape index (κ1) is 17.3. The Morgan fingerprint density at radius 1 is 1.22 bits per heavy atom. The molecule has 0 atom stereocenters. The molecule has 2 rings (SSSR count). The van der Waals surface area contributed by atoms with Gasteiger partial charge in [0.15, 0.2) is 0 Å². The van der Waals surface area contributed by atoms with Crippen LogP contribution < -0.4 is 15.4 Å². The van der Waals surface area contributed by atoms with Crippen LogP contribution in [-0.4, -0.2) is 19.6 Å². The van der Waals surface area contributed by atoms with Crippen molar-refractivity contribution >= 4 is 23.2 Å². The summed E-state index contributed by atoms with van der Waals surface area (Å²) in [6, 6.07) is 13.3. The highest BCUT2D eigenvalue weighted by molar-refractivity contribution is 6.31. The smallest absolute Gasteiger partial charge is 0.225 e. The highest BCUT2D eigenvalue weighted by Gasteiger charge is 2.06. The number of anilines is 1. The molecule has 2 aromatic rings. The van der Waals surface area contributed by atoms with Crippen molar-refractivity contribution in [2.45, 2.75) is 19.9 Å². The van der Waals surface area contributed by atoms with Crippen molar-refractivity contribution in [2.24, 2.45) is 0 Å². The van der Waals surface area contributed by atoms with Crippen LogP contribution in [0.15, 0.2) is 42.5 Å². The summed E-state index contributed by atoms with van der Waals surface area (Å²) in [6.45, 7) is 3.18. The summed E-state index contributed by atoms with van der Waals surface area (Å²) in [7, 11) is 1.65. The molecule has 1 amide bonds. The molecule has 0 heterocycles. The summed E-state index contributed by atoms with van der Waals surface area (Å²) in [4.78, 5) is 12.0. The van der Waals surface area contributed by atoms with Crippen LogP contribution >= 0.6 is 11.6 Å². The first-order chi connectivity index (χ1) is 11.1. The van der Waals surface area contributed by atoms with Crippen LogP contribution in [0.4, 0.5) is 5.69 Å². The van der Waals surface area contributed by atoms with Gasteiger partial charge in [0.1, 0.15) is 5.75 Å². The van der Waals surface area contributed by atoms with Crippen LogP contribution in [0, 0.1) is 6.92 Å². The van der Waals surface area contributed by atoms with Crippen molar-refractivity contribution in [3.8, 4) is 5.75 Å². The normalized spacial score (nSPS) is 10.4. The third-order valence-corrected chi connectivity index (χ3v) is 3.75. The molecule has 0 aliphatic carbocycles. The maximum atomic E-state index is 12.0. The minimum atomic E-state index is -0.0390. The zero-order valence-electron chi connectivity index (χ0n) is 13.4. The number of rotatable bonds is 7. The fraction of sp³-hybridized carbons (Fsp3) is 0.278. The van der Waals surface area contributed by atoms with Crippen molar-refractivity contribution < 1.29 is 9.53 Å². The van der Waals surface area contributed by atoms with Gasteiger partial charge in [-0.1, -0.05) is 35.9 Å². The summed E-state index contributed by atoms with van der Waals surface area (Å²) in [5, 5.41) is 6.75. The van der Waals surface area contributed by atoms with Gasteiger partial charge in [0, 0.05) is 35.8 Å². The van der Waals surface area contributed by atoms with Crippen LogP contribution in [0.1, 0.15) is 17.5 Å². The molecule has 5 heteroatoms. The lowest BCUT2D eigenvalue weighted by Crippen LogP contribution is -2.22. The van der Waals surface area contributed by atoms with Crippen molar-refractivity contribution in [2.75, 3.05) is 19.0 Å². The number of hydrogen-bond acceptors (Lipinski definition) is 3. The van der Waals surface area contributed by atoms with E-state index >= 15 is 0 Å². The lowest BCUT2D eigenvalue weighted by atomic mass is 10.2. The number of methoxy groups -OCH3 is 1. The van der Waals surface area contributed by atoms with Gasteiger partial charge >= 0.3 is 0 Å². The van der Waals surface area contributed by atoms with Gasteiger partial charge in [-0.2, -0.15) is 0 Å². The summed E-state index contributed by atoms with van der Waals surface area (Å²) in [6.07, 6.45) is 0.390. The van der Waals surface area contributed by atoms with E-state index in [1.54, 1.807) is 19.2 Å². The van der Waals surface area contributed by atoms with Crippen LogP contribution in [0.3, 0.4) is 0 Å². The standard InChI is InChI=1S/C18H21ClN2O2/c1-13-7-8-15(19)11-16(13)21-18(22)9-10-20-12-14-5-3-4-6-17(14)23-2/h3-8,11,20H,9-10,12H2,1-2H3,(H,21,22). The number of halogens is 1. The van der Waals surface area contributed by atoms with Gasteiger partial charge in [0.25, 0.3) is 0 Å². The highest BCUT2D eigenvalue weighted by atomic mass is 35.5. The highest BCUT2D eigenvalue weighted by Crippen LogP contribution is 2.20. The lowest BCUT2D eigenvalue weighted by Gasteiger charge is -2.11. The van der Waals surface area contributed by atoms with E-state index in [0.29, 0.717) is 24.5 Å². The van der Waals surface area contributed by atoms with Crippen molar-refractivity contribution in [1.82, 2.24) is 5.32 Å². The van der Waals surface area contributed by atoms with E-state index < -0.39 is 0 Å². The Kier molecular flexibility index (Phi) is 6.44. The Morgan fingerprint density at radius 2 is 2.00 bits per heavy atom. The predicted octanol–water partition coefficient (Wildman–Crippen LogP) is 3.78. The zero-order chi connectivity index (χ0) is 16.7. The molecule has 0 aromatic heterocycles. The van der Waals surface area contributed by atoms with E-state index in [2.05, 4.69) is 10.6 Å². The molecule has 0 aliphatic rings. The quantitative estimate of drug-likeness (QED) is 0.759. The summed E-state index contributed by atoms with van der Waals surface area (Å²) < 4.78 is 5.30. The number of amides is 1. The zero-order valence-corrected chi connectivity index (χ0v) is 14.1. The Labute approximate surface area is 141 Å². The van der Waals surface area contributed by atoms with Gasteiger partial charge < -0.3 is 15.4 Å². The molecule has 23 heavy (non-hydrogen) atoms. The molecule has 0 spiro atoms. The summed E-state index contributed by atoms with van der Waals surface area (Å²) in [5.41, 5.74) is 2.82. The molecule has 0 fully saturated rings.